The van der Waals surface area contributed by atoms with Crippen LogP contribution in [0.3, 0.4) is 0 Å². The Bertz CT molecular complexity index is 335. The minimum atomic E-state index is 1.02. The molecule has 0 fully saturated rings. The van der Waals surface area contributed by atoms with E-state index in [0.29, 0.717) is 0 Å². The molecular weight excluding hydrogens is 421 g/mol. The first-order valence-corrected chi connectivity index (χ1v) is 14.5. The number of hydrogen-bond acceptors (Lipinski definition) is 4. The van der Waals surface area contributed by atoms with E-state index in [1.54, 1.807) is 21.6 Å². The highest BCUT2D eigenvalue weighted by molar-refractivity contribution is 8.89. The van der Waals surface area contributed by atoms with Crippen molar-refractivity contribution < 1.29 is 0 Å². The maximum absolute atomic E-state index is 5.78. The maximum Gasteiger partial charge on any atom is 0.147 e. The van der Waals surface area contributed by atoms with Crippen LogP contribution in [-0.2, 0) is 0 Å². The summed E-state index contributed by atoms with van der Waals surface area (Å²) < 4.78 is 2.03. The molecule has 2 nitrogen and oxygen atoms in total. The second-order valence-electron chi connectivity index (χ2n) is 7.50. The van der Waals surface area contributed by atoms with E-state index in [9.17, 15) is 0 Å². The molecule has 6 heteroatoms. The highest BCUT2D eigenvalue weighted by Crippen LogP contribution is 2.29. The first-order chi connectivity index (χ1) is 13.6. The average molecular weight is 465 g/mol. The number of nitrogens with zero attached hydrogens (tertiary/aromatic N) is 2. The van der Waals surface area contributed by atoms with Crippen LogP contribution >= 0.6 is 46.0 Å². The predicted octanol–water partition coefficient (Wildman–Crippen LogP) is 8.30. The first-order valence-electron chi connectivity index (χ1n) is 11.5. The first kappa shape index (κ1) is 28.5. The second-order valence-corrected chi connectivity index (χ2v) is 10.9. The Labute approximate surface area is 194 Å². The van der Waals surface area contributed by atoms with Gasteiger partial charge in [-0.2, -0.15) is 0 Å². The molecule has 0 amide bonds. The quantitative estimate of drug-likeness (QED) is 0.128. The van der Waals surface area contributed by atoms with E-state index in [1.807, 2.05) is 0 Å². The van der Waals surface area contributed by atoms with E-state index >= 15 is 0 Å². The zero-order valence-corrected chi connectivity index (χ0v) is 22.1. The monoisotopic (exact) mass is 464 g/mol. The molecule has 0 bridgehead atoms. The fourth-order valence-electron chi connectivity index (χ4n) is 2.98. The van der Waals surface area contributed by atoms with Crippen molar-refractivity contribution in [2.24, 2.45) is 0 Å². The minimum absolute atomic E-state index is 1.02. The molecule has 0 heterocycles. The molecule has 0 spiro atoms. The molecule has 0 saturated heterocycles. The normalized spacial score (nSPS) is 10.9. The van der Waals surface area contributed by atoms with Crippen LogP contribution in [0.4, 0.5) is 0 Å². The van der Waals surface area contributed by atoms with E-state index in [1.165, 1.54) is 77.0 Å². The summed E-state index contributed by atoms with van der Waals surface area (Å²) in [5.74, 6) is 0. The lowest BCUT2D eigenvalue weighted by Crippen LogP contribution is -2.31. The minimum Gasteiger partial charge on any atom is -0.357 e. The Hall–Kier alpha value is 0.480. The largest absolute Gasteiger partial charge is 0.357 e. The number of rotatable bonds is 16. The third kappa shape index (κ3) is 15.3. The van der Waals surface area contributed by atoms with Crippen LogP contribution in [0.15, 0.2) is 0 Å². The number of thiocarbonyl (C=S) groups is 2. The summed E-state index contributed by atoms with van der Waals surface area (Å²) in [6.45, 7) is 13.4. The van der Waals surface area contributed by atoms with Crippen LogP contribution in [0, 0.1) is 0 Å². The van der Waals surface area contributed by atoms with Gasteiger partial charge in [0.15, 0.2) is 0 Å². The Morgan fingerprint density at radius 2 is 0.750 bits per heavy atom. The van der Waals surface area contributed by atoms with Crippen LogP contribution in [-0.4, -0.2) is 44.6 Å². The van der Waals surface area contributed by atoms with Gasteiger partial charge >= 0.3 is 0 Å². The summed E-state index contributed by atoms with van der Waals surface area (Å²) in [4.78, 5) is 4.83. The Morgan fingerprint density at radius 1 is 0.500 bits per heavy atom. The van der Waals surface area contributed by atoms with Crippen molar-refractivity contribution in [3.63, 3.8) is 0 Å². The van der Waals surface area contributed by atoms with Crippen molar-refractivity contribution in [2.45, 2.75) is 105 Å². The van der Waals surface area contributed by atoms with E-state index in [4.69, 9.17) is 24.4 Å². The topological polar surface area (TPSA) is 6.48 Å². The van der Waals surface area contributed by atoms with Gasteiger partial charge in [-0.3, -0.25) is 0 Å². The van der Waals surface area contributed by atoms with Gasteiger partial charge in [0.1, 0.15) is 8.64 Å². The van der Waals surface area contributed by atoms with Gasteiger partial charge in [0.05, 0.1) is 0 Å². The van der Waals surface area contributed by atoms with Gasteiger partial charge in [-0.15, -0.1) is 0 Å². The van der Waals surface area contributed by atoms with Gasteiger partial charge in [-0.25, -0.2) is 0 Å². The van der Waals surface area contributed by atoms with Crippen LogP contribution in [0.1, 0.15) is 105 Å². The van der Waals surface area contributed by atoms with E-state index < -0.39 is 0 Å². The summed E-state index contributed by atoms with van der Waals surface area (Å²) in [6.07, 6.45) is 15.1. The third-order valence-electron chi connectivity index (χ3n) is 4.83. The highest BCUT2D eigenvalue weighted by Gasteiger charge is 2.15. The van der Waals surface area contributed by atoms with Crippen molar-refractivity contribution in [2.75, 3.05) is 26.2 Å². The van der Waals surface area contributed by atoms with Crippen LogP contribution < -0.4 is 0 Å². The highest BCUT2D eigenvalue weighted by atomic mass is 33.1. The SMILES string of the molecule is CCCCCN(CCCCC)C(=S)SSC(=S)N(CCCCC)CCCCC. The standard InChI is InChI=1S/C22H44N2S4/c1-5-9-13-17-23(18-14-10-6-2)21(25)27-28-22(26)24(19-15-11-7-3)20-16-12-8-4/h5-20H2,1-4H3. The molecule has 0 aliphatic heterocycles. The van der Waals surface area contributed by atoms with Crippen LogP contribution in [0.2, 0.25) is 0 Å². The zero-order chi connectivity index (χ0) is 21.0. The van der Waals surface area contributed by atoms with Crippen molar-refractivity contribution in [3.8, 4) is 0 Å². The second kappa shape index (κ2) is 20.7. The van der Waals surface area contributed by atoms with Gasteiger partial charge in [0, 0.05) is 26.2 Å². The fourth-order valence-corrected chi connectivity index (χ4v) is 5.73. The van der Waals surface area contributed by atoms with Gasteiger partial charge in [-0.05, 0) is 47.3 Å². The maximum atomic E-state index is 5.78. The van der Waals surface area contributed by atoms with Gasteiger partial charge in [-0.1, -0.05) is 103 Å². The van der Waals surface area contributed by atoms with Crippen LogP contribution in [0.5, 0.6) is 0 Å². The lowest BCUT2D eigenvalue weighted by atomic mass is 10.2. The lowest BCUT2D eigenvalue weighted by molar-refractivity contribution is 0.402. The van der Waals surface area contributed by atoms with E-state index in [-0.39, 0.29) is 0 Å². The van der Waals surface area contributed by atoms with Crippen molar-refractivity contribution >= 4 is 54.7 Å². The molecule has 0 atom stereocenters. The van der Waals surface area contributed by atoms with E-state index in [2.05, 4.69) is 37.5 Å². The number of unbranched alkanes of at least 4 members (excludes halogenated alkanes) is 8. The molecule has 0 unspecified atom stereocenters. The molecule has 0 rings (SSSR count). The molecule has 0 saturated carbocycles. The van der Waals surface area contributed by atoms with Crippen LogP contribution in [0.25, 0.3) is 0 Å². The smallest absolute Gasteiger partial charge is 0.147 e. The average Bonchev–Trinajstić information content (AvgIpc) is 2.70. The summed E-state index contributed by atoms with van der Waals surface area (Å²) in [7, 11) is 3.41. The molecule has 0 aliphatic carbocycles. The molecule has 28 heavy (non-hydrogen) atoms. The van der Waals surface area contributed by atoms with Gasteiger partial charge < -0.3 is 9.80 Å². The van der Waals surface area contributed by atoms with Gasteiger partial charge in [0.2, 0.25) is 0 Å². The third-order valence-corrected chi connectivity index (χ3v) is 8.56. The Morgan fingerprint density at radius 3 is 0.964 bits per heavy atom. The van der Waals surface area contributed by atoms with Gasteiger partial charge in [0.25, 0.3) is 0 Å². The molecule has 0 radical (unpaired) electrons. The molecule has 0 aromatic carbocycles. The Balaban J connectivity index is 4.55. The van der Waals surface area contributed by atoms with Crippen molar-refractivity contribution in [3.05, 3.63) is 0 Å². The summed E-state index contributed by atoms with van der Waals surface area (Å²) in [5, 5.41) is 0. The molecule has 0 N–H and O–H groups in total. The summed E-state index contributed by atoms with van der Waals surface area (Å²) >= 11 is 11.6. The number of hydrogen-bond donors (Lipinski definition) is 0. The lowest BCUT2D eigenvalue weighted by Gasteiger charge is -2.27. The van der Waals surface area contributed by atoms with E-state index in [0.717, 1.165) is 34.8 Å². The van der Waals surface area contributed by atoms with Crippen molar-refractivity contribution in [1.82, 2.24) is 9.80 Å². The Kier molecular flexibility index (Phi) is 21.1. The summed E-state index contributed by atoms with van der Waals surface area (Å²) in [6, 6.07) is 0. The molecule has 0 aromatic rings. The zero-order valence-electron chi connectivity index (χ0n) is 18.8. The molecule has 0 aromatic heterocycles. The molecule has 0 aliphatic rings. The summed E-state index contributed by atoms with van der Waals surface area (Å²) in [5.41, 5.74) is 0. The fraction of sp³-hybridized carbons (Fsp3) is 0.909. The van der Waals surface area contributed by atoms with Crippen molar-refractivity contribution in [1.29, 1.82) is 0 Å². The predicted molar refractivity (Wildman–Crippen MR) is 142 cm³/mol. The molecule has 166 valence electrons. The molecular formula is C22H44N2S4.